The van der Waals surface area contributed by atoms with Gasteiger partial charge in [-0.25, -0.2) is 0 Å². The molecule has 1 unspecified atom stereocenters. The number of carbonyl (C=O) groups is 3. The molecule has 3 aromatic rings. The topological polar surface area (TPSA) is 84.9 Å². The standard InChI is InChI=1S/C30H26N2O5/c1-17(33)27-26(28(34)19-12-14-23(36-2)24(16-19)37-3)30(20-9-5-6-10-21(20)31-29(30)35)25-15-13-18-8-4-7-11-22(18)32(25)27/h4-16,25-27H,1-3H3,(H,31,35)/t25?,26-,27-,30+/m0/s1. The molecule has 3 aromatic carbocycles. The molecule has 1 spiro atoms. The van der Waals surface area contributed by atoms with Crippen molar-refractivity contribution in [1.29, 1.82) is 0 Å². The molecule has 3 aliphatic rings. The fourth-order valence-electron chi connectivity index (χ4n) is 6.44. The lowest BCUT2D eigenvalue weighted by Gasteiger charge is -2.37. The van der Waals surface area contributed by atoms with Crippen LogP contribution in [0.25, 0.3) is 6.08 Å². The smallest absolute Gasteiger partial charge is 0.238 e. The van der Waals surface area contributed by atoms with Crippen LogP contribution in [0.1, 0.15) is 28.4 Å². The van der Waals surface area contributed by atoms with Crippen LogP contribution in [0.3, 0.4) is 0 Å². The molecule has 7 heteroatoms. The molecule has 1 saturated heterocycles. The summed E-state index contributed by atoms with van der Waals surface area (Å²) < 4.78 is 10.8. The highest BCUT2D eigenvalue weighted by atomic mass is 16.5. The number of rotatable bonds is 5. The Morgan fingerprint density at radius 1 is 0.946 bits per heavy atom. The van der Waals surface area contributed by atoms with Crippen LogP contribution in [-0.2, 0) is 15.0 Å². The third-order valence-electron chi connectivity index (χ3n) is 7.91. The Morgan fingerprint density at radius 3 is 2.43 bits per heavy atom. The lowest BCUT2D eigenvalue weighted by molar-refractivity contribution is -0.122. The molecular formula is C30H26N2O5. The van der Waals surface area contributed by atoms with Gasteiger partial charge in [-0.3, -0.25) is 14.4 Å². The molecule has 6 rings (SSSR count). The van der Waals surface area contributed by atoms with Crippen LogP contribution in [0.2, 0.25) is 0 Å². The number of para-hydroxylation sites is 2. The third-order valence-corrected chi connectivity index (χ3v) is 7.91. The van der Waals surface area contributed by atoms with Crippen molar-refractivity contribution in [3.8, 4) is 11.5 Å². The van der Waals surface area contributed by atoms with E-state index in [0.29, 0.717) is 22.7 Å². The lowest BCUT2D eigenvalue weighted by Crippen LogP contribution is -2.51. The normalized spacial score (nSPS) is 24.8. The Bertz CT molecular complexity index is 1490. The predicted octanol–water partition coefficient (Wildman–Crippen LogP) is 4.27. The maximum Gasteiger partial charge on any atom is 0.238 e. The van der Waals surface area contributed by atoms with Gasteiger partial charge in [0.1, 0.15) is 5.41 Å². The maximum atomic E-state index is 14.5. The number of methoxy groups -OCH3 is 2. The van der Waals surface area contributed by atoms with Crippen LogP contribution in [0.15, 0.2) is 72.8 Å². The largest absolute Gasteiger partial charge is 0.493 e. The second kappa shape index (κ2) is 8.34. The molecule has 3 aliphatic heterocycles. The van der Waals surface area contributed by atoms with Gasteiger partial charge in [0.25, 0.3) is 0 Å². The van der Waals surface area contributed by atoms with Crippen molar-refractivity contribution in [3.05, 3.63) is 89.5 Å². The number of hydrogen-bond acceptors (Lipinski definition) is 6. The second-order valence-electron chi connectivity index (χ2n) is 9.61. The summed E-state index contributed by atoms with van der Waals surface area (Å²) in [6.45, 7) is 1.50. The molecule has 1 N–H and O–H groups in total. The number of Topliss-reactive ketones (excluding diaryl/α,β-unsaturated/α-hetero) is 2. The molecule has 186 valence electrons. The van der Waals surface area contributed by atoms with Crippen molar-refractivity contribution in [2.45, 2.75) is 24.4 Å². The quantitative estimate of drug-likeness (QED) is 0.534. The Hall–Kier alpha value is -4.39. The van der Waals surface area contributed by atoms with E-state index in [-0.39, 0.29) is 17.5 Å². The minimum Gasteiger partial charge on any atom is -0.493 e. The number of ether oxygens (including phenoxy) is 2. The fraction of sp³-hybridized carbons (Fsp3) is 0.233. The van der Waals surface area contributed by atoms with E-state index in [0.717, 1.165) is 16.8 Å². The summed E-state index contributed by atoms with van der Waals surface area (Å²) in [6.07, 6.45) is 3.94. The van der Waals surface area contributed by atoms with Gasteiger partial charge in [-0.05, 0) is 48.4 Å². The summed E-state index contributed by atoms with van der Waals surface area (Å²) >= 11 is 0. The molecule has 0 radical (unpaired) electrons. The fourth-order valence-corrected chi connectivity index (χ4v) is 6.44. The van der Waals surface area contributed by atoms with Crippen molar-refractivity contribution in [1.82, 2.24) is 0 Å². The van der Waals surface area contributed by atoms with Crippen LogP contribution in [0.5, 0.6) is 11.5 Å². The number of nitrogens with zero attached hydrogens (tertiary/aromatic N) is 1. The number of fused-ring (bicyclic) bond motifs is 6. The molecule has 0 aromatic heterocycles. The molecule has 3 heterocycles. The number of hydrogen-bond donors (Lipinski definition) is 1. The number of amides is 1. The molecule has 4 atom stereocenters. The van der Waals surface area contributed by atoms with E-state index in [1.165, 1.54) is 21.1 Å². The summed E-state index contributed by atoms with van der Waals surface area (Å²) in [6, 6.07) is 18.8. The zero-order chi connectivity index (χ0) is 25.9. The Labute approximate surface area is 214 Å². The van der Waals surface area contributed by atoms with Gasteiger partial charge in [-0.1, -0.05) is 48.6 Å². The SMILES string of the molecule is COc1ccc(C(=O)[C@@H]2[C@H](C(C)=O)N3c4ccccc4C=CC3[C@@]23C(=O)Nc2ccccc23)cc1OC. The van der Waals surface area contributed by atoms with E-state index in [9.17, 15) is 14.4 Å². The Morgan fingerprint density at radius 2 is 1.68 bits per heavy atom. The number of carbonyl (C=O) groups excluding carboxylic acids is 3. The Kier molecular flexibility index (Phi) is 5.19. The van der Waals surface area contributed by atoms with Crippen LogP contribution in [0.4, 0.5) is 11.4 Å². The average molecular weight is 495 g/mol. The lowest BCUT2D eigenvalue weighted by atomic mass is 9.64. The minimum absolute atomic E-state index is 0.178. The van der Waals surface area contributed by atoms with Gasteiger partial charge in [0.05, 0.1) is 32.2 Å². The van der Waals surface area contributed by atoms with Gasteiger partial charge in [0.15, 0.2) is 23.1 Å². The zero-order valence-corrected chi connectivity index (χ0v) is 20.7. The van der Waals surface area contributed by atoms with Crippen LogP contribution >= 0.6 is 0 Å². The van der Waals surface area contributed by atoms with Crippen LogP contribution < -0.4 is 19.7 Å². The van der Waals surface area contributed by atoms with E-state index in [4.69, 9.17) is 9.47 Å². The van der Waals surface area contributed by atoms with Crippen molar-refractivity contribution in [3.63, 3.8) is 0 Å². The second-order valence-corrected chi connectivity index (χ2v) is 9.61. The molecule has 7 nitrogen and oxygen atoms in total. The highest BCUT2D eigenvalue weighted by Gasteiger charge is 2.69. The molecule has 0 saturated carbocycles. The minimum atomic E-state index is -1.30. The molecule has 1 fully saturated rings. The maximum absolute atomic E-state index is 14.5. The van der Waals surface area contributed by atoms with E-state index >= 15 is 0 Å². The summed E-state index contributed by atoms with van der Waals surface area (Å²) in [5, 5.41) is 3.02. The van der Waals surface area contributed by atoms with E-state index in [2.05, 4.69) is 5.32 Å². The first kappa shape index (κ1) is 23.0. The highest BCUT2D eigenvalue weighted by molar-refractivity contribution is 6.16. The summed E-state index contributed by atoms with van der Waals surface area (Å²) in [4.78, 5) is 44.0. The molecular weight excluding hydrogens is 468 g/mol. The van der Waals surface area contributed by atoms with Gasteiger partial charge in [0.2, 0.25) is 5.91 Å². The van der Waals surface area contributed by atoms with E-state index < -0.39 is 23.4 Å². The monoisotopic (exact) mass is 494 g/mol. The van der Waals surface area contributed by atoms with E-state index in [1.807, 2.05) is 65.6 Å². The first-order chi connectivity index (χ1) is 17.9. The predicted molar refractivity (Wildman–Crippen MR) is 140 cm³/mol. The number of anilines is 2. The van der Waals surface area contributed by atoms with Gasteiger partial charge in [0, 0.05) is 16.9 Å². The average Bonchev–Trinajstić information content (AvgIpc) is 3.40. The van der Waals surface area contributed by atoms with Crippen LogP contribution in [-0.4, -0.2) is 43.8 Å². The first-order valence-electron chi connectivity index (χ1n) is 12.2. The molecule has 37 heavy (non-hydrogen) atoms. The molecule has 0 bridgehead atoms. The van der Waals surface area contributed by atoms with Crippen molar-refractivity contribution < 1.29 is 23.9 Å². The first-order valence-corrected chi connectivity index (χ1v) is 12.2. The third kappa shape index (κ3) is 3.03. The molecule has 1 amide bonds. The molecule has 0 aliphatic carbocycles. The van der Waals surface area contributed by atoms with E-state index in [1.54, 1.807) is 18.2 Å². The number of nitrogens with one attached hydrogen (secondary N) is 1. The van der Waals surface area contributed by atoms with Crippen molar-refractivity contribution in [2.24, 2.45) is 5.92 Å². The van der Waals surface area contributed by atoms with Gasteiger partial charge < -0.3 is 19.7 Å². The van der Waals surface area contributed by atoms with Crippen LogP contribution in [0, 0.1) is 5.92 Å². The highest BCUT2D eigenvalue weighted by Crippen LogP contribution is 2.57. The van der Waals surface area contributed by atoms with Gasteiger partial charge >= 0.3 is 0 Å². The van der Waals surface area contributed by atoms with Crippen molar-refractivity contribution >= 4 is 34.9 Å². The summed E-state index contributed by atoms with van der Waals surface area (Å²) in [5.74, 6) is -0.848. The van der Waals surface area contributed by atoms with Gasteiger partial charge in [-0.2, -0.15) is 0 Å². The van der Waals surface area contributed by atoms with Crippen molar-refractivity contribution in [2.75, 3.05) is 24.4 Å². The Balaban J connectivity index is 1.63. The number of ketones is 2. The summed E-state index contributed by atoms with van der Waals surface area (Å²) in [5.41, 5.74) is 2.19. The number of benzene rings is 3. The summed E-state index contributed by atoms with van der Waals surface area (Å²) in [7, 11) is 3.03. The zero-order valence-electron chi connectivity index (χ0n) is 20.7. The van der Waals surface area contributed by atoms with Gasteiger partial charge in [-0.15, -0.1) is 0 Å².